The Morgan fingerprint density at radius 2 is 2.10 bits per heavy atom. The highest BCUT2D eigenvalue weighted by atomic mass is 32.1. The molecule has 2 heterocycles. The van der Waals surface area contributed by atoms with Gasteiger partial charge in [-0.2, -0.15) is 0 Å². The number of nitrogens with zero attached hydrogens (tertiary/aromatic N) is 1. The minimum Gasteiger partial charge on any atom is -0.481 e. The Kier molecular flexibility index (Phi) is 3.55. The summed E-state index contributed by atoms with van der Waals surface area (Å²) in [4.78, 5) is 12.0. The summed E-state index contributed by atoms with van der Waals surface area (Å²) in [6.07, 6.45) is 2.09. The van der Waals surface area contributed by atoms with Crippen LogP contribution in [0.15, 0.2) is 41.9 Å². The molecule has 3 nitrogen and oxygen atoms in total. The fraction of sp³-hybridized carbons (Fsp3) is 0.235. The molecule has 0 atom stereocenters. The number of carboxylic acid groups (broad SMARTS) is 1. The van der Waals surface area contributed by atoms with E-state index in [0.29, 0.717) is 5.92 Å². The summed E-state index contributed by atoms with van der Waals surface area (Å²) in [6, 6.07) is 10.6. The summed E-state index contributed by atoms with van der Waals surface area (Å²) in [5, 5.41) is 10.9. The van der Waals surface area contributed by atoms with E-state index in [1.807, 2.05) is 16.0 Å². The molecule has 0 aliphatic rings. The van der Waals surface area contributed by atoms with Crippen LogP contribution < -0.4 is 0 Å². The van der Waals surface area contributed by atoms with Crippen LogP contribution >= 0.6 is 11.3 Å². The fourth-order valence-corrected chi connectivity index (χ4v) is 3.39. The van der Waals surface area contributed by atoms with E-state index in [1.54, 1.807) is 11.3 Å². The lowest BCUT2D eigenvalue weighted by molar-refractivity contribution is -0.136. The Hall–Kier alpha value is -2.07. The summed E-state index contributed by atoms with van der Waals surface area (Å²) in [5.41, 5.74) is 4.45. The van der Waals surface area contributed by atoms with Crippen molar-refractivity contribution in [2.24, 2.45) is 0 Å². The molecule has 108 valence electrons. The van der Waals surface area contributed by atoms with E-state index < -0.39 is 5.97 Å². The first kappa shape index (κ1) is 13.9. The molecule has 0 spiro atoms. The molecule has 3 rings (SSSR count). The minimum atomic E-state index is -0.799. The van der Waals surface area contributed by atoms with Crippen LogP contribution in [0.3, 0.4) is 0 Å². The number of thiazole rings is 1. The van der Waals surface area contributed by atoms with Gasteiger partial charge in [0.05, 0.1) is 11.3 Å². The average molecular weight is 299 g/mol. The van der Waals surface area contributed by atoms with Crippen LogP contribution in [0.2, 0.25) is 0 Å². The Bertz CT molecular complexity index is 798. The van der Waals surface area contributed by atoms with Gasteiger partial charge in [-0.05, 0) is 23.1 Å². The van der Waals surface area contributed by atoms with Gasteiger partial charge in [-0.15, -0.1) is 11.3 Å². The van der Waals surface area contributed by atoms with Crippen LogP contribution in [-0.2, 0) is 11.2 Å². The Morgan fingerprint density at radius 1 is 1.29 bits per heavy atom. The molecule has 1 aromatic carbocycles. The second-order valence-corrected chi connectivity index (χ2v) is 6.40. The van der Waals surface area contributed by atoms with Gasteiger partial charge in [0.1, 0.15) is 0 Å². The summed E-state index contributed by atoms with van der Waals surface area (Å²) >= 11 is 1.58. The van der Waals surface area contributed by atoms with Crippen molar-refractivity contribution in [3.8, 4) is 11.1 Å². The first-order valence-corrected chi connectivity index (χ1v) is 7.83. The Labute approximate surface area is 127 Å². The van der Waals surface area contributed by atoms with Crippen LogP contribution in [-0.4, -0.2) is 15.5 Å². The highest BCUT2D eigenvalue weighted by Crippen LogP contribution is 2.29. The molecule has 0 aliphatic heterocycles. The predicted octanol–water partition coefficient (Wildman–Crippen LogP) is 4.42. The maximum absolute atomic E-state index is 10.9. The van der Waals surface area contributed by atoms with Crippen molar-refractivity contribution >= 4 is 22.1 Å². The summed E-state index contributed by atoms with van der Waals surface area (Å²) in [7, 11) is 0. The van der Waals surface area contributed by atoms with Crippen molar-refractivity contribution in [2.45, 2.75) is 26.2 Å². The molecule has 4 heteroatoms. The molecule has 3 aromatic rings. The quantitative estimate of drug-likeness (QED) is 0.775. The van der Waals surface area contributed by atoms with E-state index >= 15 is 0 Å². The van der Waals surface area contributed by atoms with Crippen LogP contribution in [0.25, 0.3) is 16.0 Å². The van der Waals surface area contributed by atoms with Gasteiger partial charge in [0.25, 0.3) is 0 Å². The number of carbonyl (C=O) groups is 1. The molecular formula is C17H17NO2S. The third-order valence-electron chi connectivity index (χ3n) is 3.63. The summed E-state index contributed by atoms with van der Waals surface area (Å²) in [6.45, 7) is 4.37. The molecule has 0 saturated heterocycles. The molecule has 2 aromatic heterocycles. The van der Waals surface area contributed by atoms with Gasteiger partial charge in [-0.25, -0.2) is 0 Å². The lowest BCUT2D eigenvalue weighted by atomic mass is 9.99. The third kappa shape index (κ3) is 2.72. The zero-order chi connectivity index (χ0) is 15.0. The van der Waals surface area contributed by atoms with Crippen molar-refractivity contribution in [3.05, 3.63) is 53.2 Å². The first-order chi connectivity index (χ1) is 10.0. The first-order valence-electron chi connectivity index (χ1n) is 6.95. The number of hydrogen-bond acceptors (Lipinski definition) is 2. The van der Waals surface area contributed by atoms with Crippen LogP contribution in [0.1, 0.15) is 31.0 Å². The van der Waals surface area contributed by atoms with Gasteiger partial charge in [0, 0.05) is 22.8 Å². The Morgan fingerprint density at radius 3 is 2.81 bits per heavy atom. The second-order valence-electron chi connectivity index (χ2n) is 5.51. The van der Waals surface area contributed by atoms with Gasteiger partial charge in [-0.3, -0.25) is 4.79 Å². The fourth-order valence-electron chi connectivity index (χ4n) is 2.46. The summed E-state index contributed by atoms with van der Waals surface area (Å²) in [5.74, 6) is -0.303. The maximum Gasteiger partial charge on any atom is 0.309 e. The van der Waals surface area contributed by atoms with Crippen LogP contribution in [0.4, 0.5) is 0 Å². The molecule has 0 bridgehead atoms. The van der Waals surface area contributed by atoms with E-state index in [1.165, 1.54) is 11.1 Å². The number of hydrogen-bond donors (Lipinski definition) is 1. The van der Waals surface area contributed by atoms with Crippen LogP contribution in [0.5, 0.6) is 0 Å². The van der Waals surface area contributed by atoms with E-state index in [4.69, 9.17) is 5.11 Å². The molecule has 0 fully saturated rings. The number of aromatic nitrogens is 1. The number of fused-ring (bicyclic) bond motifs is 1. The molecule has 0 unspecified atom stereocenters. The lowest BCUT2D eigenvalue weighted by Gasteiger charge is -2.06. The normalized spacial score (nSPS) is 11.4. The smallest absolute Gasteiger partial charge is 0.309 e. The Balaban J connectivity index is 2.03. The molecule has 0 aliphatic carbocycles. The lowest BCUT2D eigenvalue weighted by Crippen LogP contribution is -2.02. The number of carboxylic acids is 1. The largest absolute Gasteiger partial charge is 0.481 e. The standard InChI is InChI=1S/C17H17NO2S/c1-11(2)12-4-3-5-13(6-12)14-7-16-18(9-14)15(10-21-16)8-17(19)20/h3-7,9-11H,8H2,1-2H3,(H,19,20). The molecule has 0 radical (unpaired) electrons. The zero-order valence-electron chi connectivity index (χ0n) is 12.0. The van der Waals surface area contributed by atoms with Gasteiger partial charge < -0.3 is 9.51 Å². The number of benzene rings is 1. The van der Waals surface area contributed by atoms with Gasteiger partial charge in [0.15, 0.2) is 0 Å². The van der Waals surface area contributed by atoms with Crippen molar-refractivity contribution in [1.82, 2.24) is 4.40 Å². The SMILES string of the molecule is CC(C)c1cccc(-c2cc3scc(CC(=O)O)n3c2)c1. The van der Waals surface area contributed by atoms with E-state index in [9.17, 15) is 4.79 Å². The highest BCUT2D eigenvalue weighted by Gasteiger charge is 2.11. The van der Waals surface area contributed by atoms with Crippen molar-refractivity contribution in [1.29, 1.82) is 0 Å². The monoisotopic (exact) mass is 299 g/mol. The van der Waals surface area contributed by atoms with Crippen LogP contribution in [0, 0.1) is 0 Å². The zero-order valence-corrected chi connectivity index (χ0v) is 12.9. The second kappa shape index (κ2) is 5.37. The average Bonchev–Trinajstić information content (AvgIpc) is 3.00. The number of aliphatic carboxylic acids is 1. The highest BCUT2D eigenvalue weighted by molar-refractivity contribution is 7.15. The topological polar surface area (TPSA) is 41.7 Å². The number of rotatable bonds is 4. The van der Waals surface area contributed by atoms with Crippen molar-refractivity contribution in [2.75, 3.05) is 0 Å². The van der Waals surface area contributed by atoms with E-state index in [2.05, 4.69) is 44.2 Å². The van der Waals surface area contributed by atoms with E-state index in [0.717, 1.165) is 16.1 Å². The van der Waals surface area contributed by atoms with Crippen molar-refractivity contribution in [3.63, 3.8) is 0 Å². The molecule has 0 saturated carbocycles. The van der Waals surface area contributed by atoms with E-state index in [-0.39, 0.29) is 6.42 Å². The van der Waals surface area contributed by atoms with Gasteiger partial charge in [-0.1, -0.05) is 38.1 Å². The maximum atomic E-state index is 10.9. The molecule has 0 amide bonds. The molecule has 21 heavy (non-hydrogen) atoms. The van der Waals surface area contributed by atoms with Crippen molar-refractivity contribution < 1.29 is 9.90 Å². The molecular weight excluding hydrogens is 282 g/mol. The summed E-state index contributed by atoms with van der Waals surface area (Å²) < 4.78 is 1.98. The third-order valence-corrected chi connectivity index (χ3v) is 4.57. The molecule has 1 N–H and O–H groups in total. The predicted molar refractivity (Wildman–Crippen MR) is 86.1 cm³/mol. The minimum absolute atomic E-state index is 0.0557. The van der Waals surface area contributed by atoms with Gasteiger partial charge >= 0.3 is 5.97 Å². The van der Waals surface area contributed by atoms with Gasteiger partial charge in [0.2, 0.25) is 0 Å².